The number of nitrogens with zero attached hydrogens (tertiary/aromatic N) is 4. The molecule has 0 aromatic heterocycles. The van der Waals surface area contributed by atoms with Crippen LogP contribution in [0.3, 0.4) is 0 Å². The molecule has 2 aliphatic heterocycles. The van der Waals surface area contributed by atoms with Gasteiger partial charge in [-0.15, -0.1) is 0 Å². The molecule has 0 N–H and O–H groups in total. The van der Waals surface area contributed by atoms with Crippen LogP contribution in [0.4, 0.5) is 11.4 Å². The van der Waals surface area contributed by atoms with E-state index in [-0.39, 0.29) is 0 Å². The molecule has 0 saturated carbocycles. The first kappa shape index (κ1) is 31.5. The molecule has 0 fully saturated rings. The summed E-state index contributed by atoms with van der Waals surface area (Å²) in [5, 5.41) is 15.2. The molecule has 7 aromatic rings. The second kappa shape index (κ2) is 13.3. The fraction of sp³-hybridized carbons (Fsp3) is 0.0833. The summed E-state index contributed by atoms with van der Waals surface area (Å²) in [6.45, 7) is 1.35. The standard InChI is InChI=1S/C48H38N4/c1-7-19-37(20-8-1)45-47(39-23-11-3-12-24-39,35-51(49-45)43-27-15-5-16-28-43)41-31-33-42(34-32-41)48(40-25-13-4-14-26-40)36-52(44-29-17-6-18-30-44)50-46(48)38-21-9-2-10-22-38/h1-34H,35-36H2. The second-order valence-corrected chi connectivity index (χ2v) is 13.5. The summed E-state index contributed by atoms with van der Waals surface area (Å²) >= 11 is 0. The maximum absolute atomic E-state index is 5.42. The van der Waals surface area contributed by atoms with E-state index in [4.69, 9.17) is 10.2 Å². The zero-order chi connectivity index (χ0) is 34.8. The van der Waals surface area contributed by atoms with E-state index in [0.29, 0.717) is 13.1 Å². The van der Waals surface area contributed by atoms with E-state index >= 15 is 0 Å². The Morgan fingerprint density at radius 3 is 0.904 bits per heavy atom. The predicted octanol–water partition coefficient (Wildman–Crippen LogP) is 10.1. The number of anilines is 2. The van der Waals surface area contributed by atoms with Crippen LogP contribution >= 0.6 is 0 Å². The Kier molecular flexibility index (Phi) is 8.05. The van der Waals surface area contributed by atoms with Gasteiger partial charge in [-0.3, -0.25) is 10.0 Å². The van der Waals surface area contributed by atoms with Gasteiger partial charge in [0.1, 0.15) is 0 Å². The topological polar surface area (TPSA) is 31.2 Å². The molecule has 0 aliphatic carbocycles. The Hall–Kier alpha value is -6.52. The van der Waals surface area contributed by atoms with Crippen LogP contribution in [-0.2, 0) is 10.8 Å². The third-order valence-corrected chi connectivity index (χ3v) is 10.6. The quantitative estimate of drug-likeness (QED) is 0.161. The molecule has 0 spiro atoms. The van der Waals surface area contributed by atoms with E-state index in [0.717, 1.165) is 33.9 Å². The summed E-state index contributed by atoms with van der Waals surface area (Å²) in [7, 11) is 0. The maximum Gasteiger partial charge on any atom is 0.0850 e. The molecule has 0 saturated heterocycles. The van der Waals surface area contributed by atoms with Gasteiger partial charge in [0, 0.05) is 0 Å². The Bertz CT molecular complexity index is 2160. The molecule has 2 heterocycles. The van der Waals surface area contributed by atoms with Crippen molar-refractivity contribution in [2.24, 2.45) is 10.2 Å². The van der Waals surface area contributed by atoms with E-state index in [9.17, 15) is 0 Å². The van der Waals surface area contributed by atoms with Crippen LogP contribution in [-0.4, -0.2) is 24.5 Å². The summed E-state index contributed by atoms with van der Waals surface area (Å²) in [5.74, 6) is 0. The zero-order valence-electron chi connectivity index (χ0n) is 28.8. The first-order chi connectivity index (χ1) is 25.8. The monoisotopic (exact) mass is 670 g/mol. The van der Waals surface area contributed by atoms with Crippen molar-refractivity contribution in [3.8, 4) is 0 Å². The number of benzene rings is 7. The van der Waals surface area contributed by atoms with E-state index in [1.807, 2.05) is 0 Å². The molecular weight excluding hydrogens is 633 g/mol. The Balaban J connectivity index is 1.24. The van der Waals surface area contributed by atoms with Crippen molar-refractivity contribution in [3.63, 3.8) is 0 Å². The minimum absolute atomic E-state index is 0.529. The summed E-state index contributed by atoms with van der Waals surface area (Å²) in [6, 6.07) is 73.4. The average molecular weight is 671 g/mol. The molecule has 9 rings (SSSR count). The van der Waals surface area contributed by atoms with Crippen molar-refractivity contribution in [2.75, 3.05) is 23.1 Å². The minimum atomic E-state index is -0.529. The van der Waals surface area contributed by atoms with Gasteiger partial charge in [0.25, 0.3) is 0 Å². The van der Waals surface area contributed by atoms with Crippen LogP contribution in [0.25, 0.3) is 0 Å². The average Bonchev–Trinajstić information content (AvgIpc) is 3.85. The molecule has 4 nitrogen and oxygen atoms in total. The van der Waals surface area contributed by atoms with E-state index in [1.165, 1.54) is 22.3 Å². The highest BCUT2D eigenvalue weighted by Crippen LogP contribution is 2.46. The van der Waals surface area contributed by atoms with Crippen molar-refractivity contribution >= 4 is 22.8 Å². The molecule has 4 heteroatoms. The van der Waals surface area contributed by atoms with Crippen LogP contribution < -0.4 is 10.0 Å². The highest BCUT2D eigenvalue weighted by Gasteiger charge is 2.49. The molecule has 250 valence electrons. The van der Waals surface area contributed by atoms with Crippen LogP contribution in [0.5, 0.6) is 0 Å². The van der Waals surface area contributed by atoms with Gasteiger partial charge >= 0.3 is 0 Å². The Labute approximate surface area is 305 Å². The molecule has 2 unspecified atom stereocenters. The lowest BCUT2D eigenvalue weighted by atomic mass is 9.66. The lowest BCUT2D eigenvalue weighted by Gasteiger charge is -2.35. The molecule has 2 atom stereocenters. The number of hydrogen-bond donors (Lipinski definition) is 0. The van der Waals surface area contributed by atoms with Gasteiger partial charge in [0.2, 0.25) is 0 Å². The summed E-state index contributed by atoms with van der Waals surface area (Å²) < 4.78 is 0. The van der Waals surface area contributed by atoms with Crippen LogP contribution in [0.2, 0.25) is 0 Å². The third kappa shape index (κ3) is 5.32. The molecule has 0 amide bonds. The van der Waals surface area contributed by atoms with Crippen molar-refractivity contribution in [2.45, 2.75) is 10.8 Å². The Morgan fingerprint density at radius 1 is 0.308 bits per heavy atom. The van der Waals surface area contributed by atoms with Crippen molar-refractivity contribution in [1.82, 2.24) is 0 Å². The predicted molar refractivity (Wildman–Crippen MR) is 214 cm³/mol. The van der Waals surface area contributed by atoms with E-state index in [2.05, 4.69) is 216 Å². The van der Waals surface area contributed by atoms with Crippen LogP contribution in [0.15, 0.2) is 216 Å². The van der Waals surface area contributed by atoms with Crippen molar-refractivity contribution in [3.05, 3.63) is 240 Å². The normalized spacial score (nSPS) is 19.7. The van der Waals surface area contributed by atoms with E-state index in [1.54, 1.807) is 0 Å². The molecule has 0 radical (unpaired) electrons. The highest BCUT2D eigenvalue weighted by molar-refractivity contribution is 6.14. The number of rotatable bonds is 8. The number of para-hydroxylation sites is 2. The number of hydrogen-bond acceptors (Lipinski definition) is 4. The Morgan fingerprint density at radius 2 is 0.577 bits per heavy atom. The van der Waals surface area contributed by atoms with E-state index < -0.39 is 10.8 Å². The van der Waals surface area contributed by atoms with Crippen molar-refractivity contribution in [1.29, 1.82) is 0 Å². The van der Waals surface area contributed by atoms with Gasteiger partial charge in [0.15, 0.2) is 0 Å². The minimum Gasteiger partial charge on any atom is -0.264 e. The van der Waals surface area contributed by atoms with Gasteiger partial charge in [0.05, 0.1) is 46.7 Å². The number of hydrazone groups is 2. The fourth-order valence-corrected chi connectivity index (χ4v) is 8.11. The van der Waals surface area contributed by atoms with Crippen LogP contribution in [0.1, 0.15) is 33.4 Å². The van der Waals surface area contributed by atoms with Gasteiger partial charge < -0.3 is 0 Å². The fourth-order valence-electron chi connectivity index (χ4n) is 8.11. The third-order valence-electron chi connectivity index (χ3n) is 10.6. The van der Waals surface area contributed by atoms with Gasteiger partial charge in [-0.05, 0) is 57.6 Å². The molecule has 7 aromatic carbocycles. The lowest BCUT2D eigenvalue weighted by Crippen LogP contribution is -2.42. The second-order valence-electron chi connectivity index (χ2n) is 13.5. The highest BCUT2D eigenvalue weighted by atomic mass is 15.5. The smallest absolute Gasteiger partial charge is 0.0850 e. The lowest BCUT2D eigenvalue weighted by molar-refractivity contribution is 0.689. The van der Waals surface area contributed by atoms with Gasteiger partial charge in [-0.1, -0.05) is 182 Å². The van der Waals surface area contributed by atoms with Gasteiger partial charge in [-0.25, -0.2) is 0 Å². The maximum atomic E-state index is 5.42. The summed E-state index contributed by atoms with van der Waals surface area (Å²) in [4.78, 5) is 0. The summed E-state index contributed by atoms with van der Waals surface area (Å²) in [5.41, 5.74) is 10.2. The van der Waals surface area contributed by atoms with Crippen molar-refractivity contribution < 1.29 is 0 Å². The largest absolute Gasteiger partial charge is 0.264 e. The first-order valence-corrected chi connectivity index (χ1v) is 17.9. The SMILES string of the molecule is c1ccc(C2=NN(c3ccccc3)CC2(c2ccccc2)c2ccc(C3(c4ccccc4)CN(c4ccccc4)N=C3c3ccccc3)cc2)cc1. The van der Waals surface area contributed by atoms with Gasteiger partial charge in [-0.2, -0.15) is 10.2 Å². The van der Waals surface area contributed by atoms with Crippen LogP contribution in [0, 0.1) is 0 Å². The molecular formula is C48H38N4. The summed E-state index contributed by atoms with van der Waals surface area (Å²) in [6.07, 6.45) is 0. The zero-order valence-corrected chi connectivity index (χ0v) is 28.8. The molecule has 0 bridgehead atoms. The molecule has 52 heavy (non-hydrogen) atoms. The first-order valence-electron chi connectivity index (χ1n) is 17.9. The molecule has 2 aliphatic rings.